The Morgan fingerprint density at radius 3 is 2.55 bits per heavy atom. The fourth-order valence-corrected chi connectivity index (χ4v) is 3.51. The molecule has 2 aromatic heterocycles. The number of H-pyrrole nitrogens is 1. The first-order valence-electron chi connectivity index (χ1n) is 10.1. The van der Waals surface area contributed by atoms with E-state index in [9.17, 15) is 9.59 Å². The van der Waals surface area contributed by atoms with Gasteiger partial charge in [-0.05, 0) is 47.7 Å². The van der Waals surface area contributed by atoms with Gasteiger partial charge in [0, 0.05) is 36.1 Å². The lowest BCUT2D eigenvalue weighted by Gasteiger charge is -2.23. The summed E-state index contributed by atoms with van der Waals surface area (Å²) in [5, 5.41) is 0.884. The number of aromatic nitrogens is 2. The summed E-state index contributed by atoms with van der Waals surface area (Å²) in [6.07, 6.45) is 3.89. The monoisotopic (exact) mass is 413 g/mol. The van der Waals surface area contributed by atoms with Gasteiger partial charge in [-0.2, -0.15) is 0 Å². The van der Waals surface area contributed by atoms with Crippen LogP contribution in [-0.2, 0) is 13.0 Å². The molecule has 0 spiro atoms. The number of carbonyl (C=O) groups excluding carboxylic acids is 1. The molecule has 1 N–H and O–H groups in total. The van der Waals surface area contributed by atoms with Gasteiger partial charge in [-0.3, -0.25) is 14.6 Å². The molecular formula is C25H23N3O3. The van der Waals surface area contributed by atoms with Crippen LogP contribution in [0.2, 0.25) is 0 Å². The van der Waals surface area contributed by atoms with E-state index in [4.69, 9.17) is 4.74 Å². The second-order valence-electron chi connectivity index (χ2n) is 7.28. The van der Waals surface area contributed by atoms with Gasteiger partial charge in [-0.15, -0.1) is 0 Å². The van der Waals surface area contributed by atoms with Gasteiger partial charge in [0.2, 0.25) is 0 Å². The number of carbonyl (C=O) groups is 1. The minimum Gasteiger partial charge on any atom is -0.497 e. The van der Waals surface area contributed by atoms with E-state index in [1.165, 1.54) is 0 Å². The summed E-state index contributed by atoms with van der Waals surface area (Å²) in [5.74, 6) is 0.542. The molecule has 0 aliphatic heterocycles. The van der Waals surface area contributed by atoms with Gasteiger partial charge < -0.3 is 14.6 Å². The maximum atomic E-state index is 13.2. The van der Waals surface area contributed by atoms with E-state index >= 15 is 0 Å². The molecule has 0 aliphatic carbocycles. The molecule has 0 fully saturated rings. The zero-order valence-corrected chi connectivity index (χ0v) is 17.2. The van der Waals surface area contributed by atoms with Gasteiger partial charge in [-0.25, -0.2) is 0 Å². The lowest BCUT2D eigenvalue weighted by molar-refractivity contribution is 0.0744. The molecule has 6 nitrogen and oxygen atoms in total. The first-order valence-corrected chi connectivity index (χ1v) is 10.1. The van der Waals surface area contributed by atoms with E-state index in [2.05, 4.69) is 9.97 Å². The summed E-state index contributed by atoms with van der Waals surface area (Å²) in [5.41, 5.74) is 2.70. The molecule has 4 rings (SSSR count). The average molecular weight is 413 g/mol. The number of aromatic amines is 1. The highest BCUT2D eigenvalue weighted by Gasteiger charge is 2.18. The number of pyridine rings is 2. The van der Waals surface area contributed by atoms with Crippen molar-refractivity contribution in [1.29, 1.82) is 0 Å². The van der Waals surface area contributed by atoms with E-state index in [1.807, 2.05) is 48.5 Å². The minimum atomic E-state index is -0.215. The average Bonchev–Trinajstić information content (AvgIpc) is 2.82. The van der Waals surface area contributed by atoms with Crippen LogP contribution in [0.4, 0.5) is 0 Å². The third-order valence-corrected chi connectivity index (χ3v) is 5.22. The van der Waals surface area contributed by atoms with Crippen LogP contribution in [-0.4, -0.2) is 34.4 Å². The Bertz CT molecular complexity index is 1240. The Morgan fingerprint density at radius 2 is 1.81 bits per heavy atom. The molecule has 6 heteroatoms. The Morgan fingerprint density at radius 1 is 1.03 bits per heavy atom. The highest BCUT2D eigenvalue weighted by Crippen LogP contribution is 2.19. The fraction of sp³-hybridized carbons (Fsp3) is 0.160. The molecule has 0 radical (unpaired) electrons. The summed E-state index contributed by atoms with van der Waals surface area (Å²) in [6, 6.07) is 20.7. The van der Waals surface area contributed by atoms with Crippen LogP contribution < -0.4 is 10.3 Å². The van der Waals surface area contributed by atoms with Crippen molar-refractivity contribution < 1.29 is 9.53 Å². The first-order chi connectivity index (χ1) is 15.1. The fourth-order valence-electron chi connectivity index (χ4n) is 3.51. The third kappa shape index (κ3) is 4.80. The van der Waals surface area contributed by atoms with Crippen molar-refractivity contribution >= 4 is 16.8 Å². The lowest BCUT2D eigenvalue weighted by atomic mass is 10.1. The van der Waals surface area contributed by atoms with Crippen LogP contribution in [0.15, 0.2) is 83.9 Å². The predicted octanol–water partition coefficient (Wildman–Crippen LogP) is 3.82. The van der Waals surface area contributed by atoms with Crippen molar-refractivity contribution in [2.45, 2.75) is 13.0 Å². The van der Waals surface area contributed by atoms with Crippen molar-refractivity contribution in [3.63, 3.8) is 0 Å². The van der Waals surface area contributed by atoms with Crippen molar-refractivity contribution in [2.75, 3.05) is 13.7 Å². The first kappa shape index (κ1) is 20.3. The Balaban J connectivity index is 1.64. The maximum Gasteiger partial charge on any atom is 0.254 e. The second kappa shape index (κ2) is 9.26. The molecule has 31 heavy (non-hydrogen) atoms. The largest absolute Gasteiger partial charge is 0.497 e. The molecule has 0 saturated carbocycles. The number of benzene rings is 2. The van der Waals surface area contributed by atoms with Gasteiger partial charge in [0.25, 0.3) is 11.5 Å². The maximum absolute atomic E-state index is 13.2. The van der Waals surface area contributed by atoms with Gasteiger partial charge in [0.15, 0.2) is 0 Å². The number of rotatable bonds is 7. The predicted molar refractivity (Wildman–Crippen MR) is 120 cm³/mol. The van der Waals surface area contributed by atoms with Crippen molar-refractivity contribution in [3.8, 4) is 5.75 Å². The van der Waals surface area contributed by atoms with Crippen LogP contribution in [0.5, 0.6) is 5.75 Å². The van der Waals surface area contributed by atoms with Crippen molar-refractivity contribution in [2.24, 2.45) is 0 Å². The molecule has 2 aromatic carbocycles. The summed E-state index contributed by atoms with van der Waals surface area (Å²) in [4.78, 5) is 34.6. The van der Waals surface area contributed by atoms with Gasteiger partial charge in [-0.1, -0.05) is 30.3 Å². The van der Waals surface area contributed by atoms with Crippen molar-refractivity contribution in [3.05, 3.63) is 106 Å². The van der Waals surface area contributed by atoms with E-state index in [1.54, 1.807) is 42.6 Å². The summed E-state index contributed by atoms with van der Waals surface area (Å²) >= 11 is 0. The van der Waals surface area contributed by atoms with Crippen LogP contribution >= 0.6 is 0 Å². The molecule has 0 unspecified atom stereocenters. The molecule has 0 aliphatic rings. The van der Waals surface area contributed by atoms with E-state index in [0.717, 1.165) is 10.9 Å². The number of ether oxygens (including phenoxy) is 1. The van der Waals surface area contributed by atoms with E-state index < -0.39 is 0 Å². The van der Waals surface area contributed by atoms with Gasteiger partial charge in [0.05, 0.1) is 19.2 Å². The molecule has 0 atom stereocenters. The zero-order valence-electron chi connectivity index (χ0n) is 17.2. The summed E-state index contributed by atoms with van der Waals surface area (Å²) in [6.45, 7) is 0.705. The summed E-state index contributed by atoms with van der Waals surface area (Å²) < 4.78 is 5.23. The number of fused-ring (bicyclic) bond motifs is 1. The molecule has 156 valence electrons. The van der Waals surface area contributed by atoms with E-state index in [-0.39, 0.29) is 18.0 Å². The van der Waals surface area contributed by atoms with Gasteiger partial charge >= 0.3 is 0 Å². The smallest absolute Gasteiger partial charge is 0.254 e. The Hall–Kier alpha value is -3.93. The number of nitrogens with one attached hydrogen (secondary N) is 1. The number of nitrogens with zero attached hydrogens (tertiary/aromatic N) is 2. The molecule has 0 saturated heterocycles. The van der Waals surface area contributed by atoms with E-state index in [0.29, 0.717) is 35.4 Å². The Labute approximate surface area is 180 Å². The third-order valence-electron chi connectivity index (χ3n) is 5.22. The highest BCUT2D eigenvalue weighted by molar-refractivity contribution is 5.94. The lowest BCUT2D eigenvalue weighted by Crippen LogP contribution is -2.34. The molecule has 1 amide bonds. The van der Waals surface area contributed by atoms with Crippen LogP contribution in [0.1, 0.15) is 21.5 Å². The highest BCUT2D eigenvalue weighted by atomic mass is 16.5. The minimum absolute atomic E-state index is 0.132. The van der Waals surface area contributed by atoms with Gasteiger partial charge in [0.1, 0.15) is 5.75 Å². The zero-order chi connectivity index (χ0) is 21.6. The quantitative estimate of drug-likeness (QED) is 0.500. The number of hydrogen-bond donors (Lipinski definition) is 1. The van der Waals surface area contributed by atoms with Crippen LogP contribution in [0, 0.1) is 0 Å². The molecular weight excluding hydrogens is 390 g/mol. The topological polar surface area (TPSA) is 75.3 Å². The summed E-state index contributed by atoms with van der Waals surface area (Å²) in [7, 11) is 1.59. The molecule has 0 bridgehead atoms. The standard InChI is InChI=1S/C25H23N3O3/c1-31-22-8-7-20-15-21(24(29)27-23(20)16-22)17-28(14-11-18-5-3-2-4-6-18)25(30)19-9-12-26-13-10-19/h2-10,12-13,15-16H,11,14,17H2,1H3,(H,27,29). The van der Waals surface area contributed by atoms with Crippen LogP contribution in [0.3, 0.4) is 0 Å². The number of hydrogen-bond acceptors (Lipinski definition) is 4. The SMILES string of the molecule is COc1ccc2cc(CN(CCc3ccccc3)C(=O)c3ccncc3)c(=O)[nH]c2c1. The molecule has 2 heterocycles. The normalized spacial score (nSPS) is 10.7. The number of methoxy groups -OCH3 is 1. The van der Waals surface area contributed by atoms with Crippen LogP contribution in [0.25, 0.3) is 10.9 Å². The Kier molecular flexibility index (Phi) is 6.08. The number of amides is 1. The molecule has 4 aromatic rings. The van der Waals surface area contributed by atoms with Crippen molar-refractivity contribution in [1.82, 2.24) is 14.9 Å². The second-order valence-corrected chi connectivity index (χ2v) is 7.28.